The summed E-state index contributed by atoms with van der Waals surface area (Å²) < 4.78 is 21.3. The van der Waals surface area contributed by atoms with Crippen LogP contribution in [0.2, 0.25) is 0 Å². The van der Waals surface area contributed by atoms with Gasteiger partial charge in [0.1, 0.15) is 11.5 Å². The predicted octanol–water partition coefficient (Wildman–Crippen LogP) is 3.90. The Morgan fingerprint density at radius 1 is 1.19 bits per heavy atom. The van der Waals surface area contributed by atoms with E-state index in [-0.39, 0.29) is 17.8 Å². The molecule has 162 valence electrons. The molecule has 0 bridgehead atoms. The molecular weight excluding hydrogens is 395 g/mol. The van der Waals surface area contributed by atoms with Crippen molar-refractivity contribution in [2.45, 2.75) is 25.5 Å². The number of rotatable bonds is 7. The summed E-state index contributed by atoms with van der Waals surface area (Å²) in [5.41, 5.74) is 2.88. The molecule has 7 heteroatoms. The van der Waals surface area contributed by atoms with Gasteiger partial charge in [-0.15, -0.1) is 0 Å². The molecule has 3 aromatic rings. The summed E-state index contributed by atoms with van der Waals surface area (Å²) in [5.74, 6) is -0.531. The van der Waals surface area contributed by atoms with Crippen molar-refractivity contribution in [2.24, 2.45) is 0 Å². The van der Waals surface area contributed by atoms with Gasteiger partial charge < -0.3 is 14.5 Å². The number of hydrogen-bond acceptors (Lipinski definition) is 4. The Kier molecular flexibility index (Phi) is 6.32. The third-order valence-electron chi connectivity index (χ3n) is 5.49. The Labute approximate surface area is 181 Å². The normalized spacial score (nSPS) is 15.8. The molecular formula is C24H27FN4O2. The molecule has 31 heavy (non-hydrogen) atoms. The summed E-state index contributed by atoms with van der Waals surface area (Å²) in [4.78, 5) is 17.2. The zero-order valence-electron chi connectivity index (χ0n) is 17.9. The highest BCUT2D eigenvalue weighted by molar-refractivity contribution is 5.93. The molecule has 1 fully saturated rings. The lowest BCUT2D eigenvalue weighted by atomic mass is 10.1. The first kappa shape index (κ1) is 21.1. The lowest BCUT2D eigenvalue weighted by Crippen LogP contribution is -2.36. The van der Waals surface area contributed by atoms with Crippen LogP contribution in [0.1, 0.15) is 28.8 Å². The van der Waals surface area contributed by atoms with Gasteiger partial charge in [-0.3, -0.25) is 4.79 Å². The van der Waals surface area contributed by atoms with E-state index in [2.05, 4.69) is 5.10 Å². The fourth-order valence-corrected chi connectivity index (χ4v) is 3.76. The van der Waals surface area contributed by atoms with Crippen molar-refractivity contribution in [3.05, 3.63) is 77.9 Å². The molecule has 4 rings (SSSR count). The monoisotopic (exact) mass is 422 g/mol. The van der Waals surface area contributed by atoms with Crippen molar-refractivity contribution in [1.29, 1.82) is 0 Å². The van der Waals surface area contributed by atoms with Crippen molar-refractivity contribution in [3.63, 3.8) is 0 Å². The molecule has 1 aliphatic heterocycles. The van der Waals surface area contributed by atoms with Crippen LogP contribution >= 0.6 is 0 Å². The van der Waals surface area contributed by atoms with Gasteiger partial charge in [0.15, 0.2) is 0 Å². The Morgan fingerprint density at radius 2 is 1.97 bits per heavy atom. The number of halogens is 1. The molecule has 0 saturated carbocycles. The van der Waals surface area contributed by atoms with Crippen LogP contribution in [0.25, 0.3) is 5.69 Å². The summed E-state index contributed by atoms with van der Waals surface area (Å²) in [6, 6.07) is 14.5. The van der Waals surface area contributed by atoms with Crippen LogP contribution in [0.15, 0.2) is 60.9 Å². The Bertz CT molecular complexity index is 1030. The molecule has 2 aromatic carbocycles. The van der Waals surface area contributed by atoms with Crippen molar-refractivity contribution in [3.8, 4) is 5.69 Å². The number of para-hydroxylation sites is 1. The van der Waals surface area contributed by atoms with Crippen LogP contribution in [0.3, 0.4) is 0 Å². The largest absolute Gasteiger partial charge is 0.378 e. The van der Waals surface area contributed by atoms with Crippen LogP contribution in [0.5, 0.6) is 0 Å². The molecule has 1 saturated heterocycles. The number of nitrogens with zero attached hydrogens (tertiary/aromatic N) is 4. The predicted molar refractivity (Wildman–Crippen MR) is 118 cm³/mol. The molecule has 1 atom stereocenters. The first-order valence-corrected chi connectivity index (χ1v) is 10.5. The second-order valence-corrected chi connectivity index (χ2v) is 8.01. The number of aromatic nitrogens is 2. The fourth-order valence-electron chi connectivity index (χ4n) is 3.76. The van der Waals surface area contributed by atoms with Gasteiger partial charge in [-0.05, 0) is 42.7 Å². The van der Waals surface area contributed by atoms with Gasteiger partial charge in [0.2, 0.25) is 0 Å². The average Bonchev–Trinajstić information content (AvgIpc) is 3.46. The quantitative estimate of drug-likeness (QED) is 0.580. The van der Waals surface area contributed by atoms with Crippen molar-refractivity contribution in [2.75, 3.05) is 32.1 Å². The smallest absolute Gasteiger partial charge is 0.257 e. The minimum absolute atomic E-state index is 0.0339. The molecule has 1 unspecified atom stereocenters. The minimum Gasteiger partial charge on any atom is -0.378 e. The Morgan fingerprint density at radius 3 is 2.65 bits per heavy atom. The van der Waals surface area contributed by atoms with E-state index in [1.807, 2.05) is 43.3 Å². The number of benzene rings is 2. The van der Waals surface area contributed by atoms with E-state index in [4.69, 9.17) is 4.74 Å². The molecule has 6 nitrogen and oxygen atoms in total. The SMILES string of the molecule is CN(C)c1ccc(CN(CC2CCCO2)C(=O)c2cnn(-c3ccccc3F)c2)cc1. The molecule has 0 N–H and O–H groups in total. The number of ether oxygens (including phenoxy) is 1. The second kappa shape index (κ2) is 9.31. The number of amides is 1. The van der Waals surface area contributed by atoms with Crippen LogP contribution < -0.4 is 4.90 Å². The number of anilines is 1. The van der Waals surface area contributed by atoms with Gasteiger partial charge in [0, 0.05) is 45.7 Å². The number of carbonyl (C=O) groups is 1. The summed E-state index contributed by atoms with van der Waals surface area (Å²) in [6.07, 6.45) is 5.06. The van der Waals surface area contributed by atoms with Crippen molar-refractivity contribution >= 4 is 11.6 Å². The molecule has 2 heterocycles. The summed E-state index contributed by atoms with van der Waals surface area (Å²) >= 11 is 0. The van der Waals surface area contributed by atoms with Crippen LogP contribution in [-0.4, -0.2) is 53.9 Å². The molecule has 1 amide bonds. The van der Waals surface area contributed by atoms with Gasteiger partial charge in [0.25, 0.3) is 5.91 Å². The maximum Gasteiger partial charge on any atom is 0.257 e. The second-order valence-electron chi connectivity index (χ2n) is 8.01. The lowest BCUT2D eigenvalue weighted by Gasteiger charge is -2.25. The van der Waals surface area contributed by atoms with Crippen molar-refractivity contribution in [1.82, 2.24) is 14.7 Å². The highest BCUT2D eigenvalue weighted by Gasteiger charge is 2.25. The molecule has 0 spiro atoms. The maximum atomic E-state index is 14.1. The lowest BCUT2D eigenvalue weighted by molar-refractivity contribution is 0.0507. The van der Waals surface area contributed by atoms with E-state index in [1.54, 1.807) is 29.3 Å². The van der Waals surface area contributed by atoms with E-state index in [0.717, 1.165) is 30.7 Å². The number of hydrogen-bond donors (Lipinski definition) is 0. The van der Waals surface area contributed by atoms with Gasteiger partial charge >= 0.3 is 0 Å². The molecule has 0 radical (unpaired) electrons. The van der Waals surface area contributed by atoms with E-state index in [9.17, 15) is 9.18 Å². The highest BCUT2D eigenvalue weighted by Crippen LogP contribution is 2.20. The standard InChI is InChI=1S/C24H27FN4O2/c1-27(2)20-11-9-18(10-12-20)15-28(17-21-6-5-13-31-21)24(30)19-14-26-29(16-19)23-8-4-3-7-22(23)25/h3-4,7-12,14,16,21H,5-6,13,15,17H2,1-2H3. The van der Waals surface area contributed by atoms with Gasteiger partial charge in [0.05, 0.1) is 17.9 Å². The van der Waals surface area contributed by atoms with Crippen molar-refractivity contribution < 1.29 is 13.9 Å². The topological polar surface area (TPSA) is 50.6 Å². The van der Waals surface area contributed by atoms with E-state index in [0.29, 0.717) is 24.3 Å². The van der Waals surface area contributed by atoms with Crippen LogP contribution in [0.4, 0.5) is 10.1 Å². The highest BCUT2D eigenvalue weighted by atomic mass is 19.1. The van der Waals surface area contributed by atoms with E-state index >= 15 is 0 Å². The average molecular weight is 423 g/mol. The van der Waals surface area contributed by atoms with Crippen LogP contribution in [0, 0.1) is 5.82 Å². The summed E-state index contributed by atoms with van der Waals surface area (Å²) in [7, 11) is 3.99. The van der Waals surface area contributed by atoms with Gasteiger partial charge in [-0.1, -0.05) is 24.3 Å². The zero-order chi connectivity index (χ0) is 21.8. The van der Waals surface area contributed by atoms with Crippen LogP contribution in [-0.2, 0) is 11.3 Å². The fraction of sp³-hybridized carbons (Fsp3) is 0.333. The minimum atomic E-state index is -0.387. The number of carbonyl (C=O) groups excluding carboxylic acids is 1. The first-order valence-electron chi connectivity index (χ1n) is 10.5. The molecule has 1 aromatic heterocycles. The maximum absolute atomic E-state index is 14.1. The molecule has 0 aliphatic carbocycles. The van der Waals surface area contributed by atoms with Gasteiger partial charge in [-0.2, -0.15) is 5.10 Å². The Hall–Kier alpha value is -3.19. The van der Waals surface area contributed by atoms with Gasteiger partial charge in [-0.25, -0.2) is 9.07 Å². The first-order chi connectivity index (χ1) is 15.0. The van der Waals surface area contributed by atoms with E-state index < -0.39 is 0 Å². The summed E-state index contributed by atoms with van der Waals surface area (Å²) in [6.45, 7) is 1.71. The zero-order valence-corrected chi connectivity index (χ0v) is 17.9. The van der Waals surface area contributed by atoms with E-state index in [1.165, 1.54) is 16.9 Å². The third kappa shape index (κ3) is 4.94. The molecule has 1 aliphatic rings. The Balaban J connectivity index is 1.56. The third-order valence-corrected chi connectivity index (χ3v) is 5.49. The summed E-state index contributed by atoms with van der Waals surface area (Å²) in [5, 5.41) is 4.21.